The molecule has 8 aromatic rings. The normalized spacial score (nSPS) is 14.5. The van der Waals surface area contributed by atoms with Crippen LogP contribution in [0.3, 0.4) is 0 Å². The van der Waals surface area contributed by atoms with Gasteiger partial charge >= 0.3 is 0 Å². The predicted molar refractivity (Wildman–Crippen MR) is 235 cm³/mol. The van der Waals surface area contributed by atoms with Gasteiger partial charge in [0.1, 0.15) is 10.8 Å². The Labute approximate surface area is 338 Å². The highest BCUT2D eigenvalue weighted by molar-refractivity contribution is 7.22. The molecule has 0 nitrogen and oxygen atoms in total. The van der Waals surface area contributed by atoms with Crippen LogP contribution in [0.4, 0.5) is 0 Å². The van der Waals surface area contributed by atoms with Crippen LogP contribution >= 0.6 is 22.7 Å². The molecule has 0 spiro atoms. The first-order valence-electron chi connectivity index (χ1n) is 19.4. The molecule has 0 radical (unpaired) electrons. The van der Waals surface area contributed by atoms with E-state index in [1.807, 2.05) is 22.7 Å². The summed E-state index contributed by atoms with van der Waals surface area (Å²) in [4.78, 5) is 4.99. The average molecular weight is 751 g/mol. The molecule has 0 N–H and O–H groups in total. The largest absolute Gasteiger partial charge is 0.137 e. The first-order chi connectivity index (χ1) is 27.7. The molecule has 2 aromatic heterocycles. The Hall–Kier alpha value is -6.16. The molecule has 266 valence electrons. The molecule has 2 aliphatic carbocycles. The molecule has 0 fully saturated rings. The van der Waals surface area contributed by atoms with E-state index in [9.17, 15) is 0 Å². The number of fused-ring (bicyclic) bond motifs is 4. The molecular formula is C54H38S2. The van der Waals surface area contributed by atoms with Gasteiger partial charge < -0.3 is 0 Å². The summed E-state index contributed by atoms with van der Waals surface area (Å²) in [6, 6.07) is 66.1. The van der Waals surface area contributed by atoms with E-state index in [0.29, 0.717) is 0 Å². The predicted octanol–water partition coefficient (Wildman–Crippen LogP) is 12.4. The van der Waals surface area contributed by atoms with Crippen molar-refractivity contribution in [3.05, 3.63) is 247 Å². The number of rotatable bonds is 3. The van der Waals surface area contributed by atoms with Crippen molar-refractivity contribution in [2.24, 2.45) is 0 Å². The Morgan fingerprint density at radius 2 is 0.625 bits per heavy atom. The molecular weight excluding hydrogens is 713 g/mol. The average Bonchev–Trinajstić information content (AvgIpc) is 3.91. The second kappa shape index (κ2) is 14.5. The third-order valence-corrected chi connectivity index (χ3v) is 14.1. The van der Waals surface area contributed by atoms with E-state index in [4.69, 9.17) is 0 Å². The van der Waals surface area contributed by atoms with Crippen molar-refractivity contribution in [3.8, 4) is 33.4 Å². The molecule has 0 aliphatic heterocycles. The maximum atomic E-state index is 3.95. The zero-order valence-electron chi connectivity index (χ0n) is 31.0. The molecule has 2 heterocycles. The molecule has 2 heteroatoms. The van der Waals surface area contributed by atoms with Gasteiger partial charge in [-0.15, -0.1) is 22.7 Å². The van der Waals surface area contributed by atoms with Crippen LogP contribution in [0.25, 0.3) is 9.75 Å². The van der Waals surface area contributed by atoms with E-state index in [1.54, 1.807) is 0 Å². The van der Waals surface area contributed by atoms with Crippen molar-refractivity contribution in [3.63, 3.8) is 0 Å². The van der Waals surface area contributed by atoms with Crippen molar-refractivity contribution >= 4 is 22.7 Å². The lowest BCUT2D eigenvalue weighted by molar-refractivity contribution is 0.822. The number of benzene rings is 6. The Kier molecular flexibility index (Phi) is 8.88. The fraction of sp³-hybridized carbons (Fsp3) is 0.111. The lowest BCUT2D eigenvalue weighted by Crippen LogP contribution is -2.28. The summed E-state index contributed by atoms with van der Waals surface area (Å²) < 4.78 is 0. The summed E-state index contributed by atoms with van der Waals surface area (Å²) in [6.45, 7) is 0. The van der Waals surface area contributed by atoms with E-state index in [1.165, 1.54) is 64.0 Å². The topological polar surface area (TPSA) is 0 Å². The monoisotopic (exact) mass is 750 g/mol. The van der Waals surface area contributed by atoms with Gasteiger partial charge in [0.05, 0.1) is 0 Å². The Morgan fingerprint density at radius 3 is 0.964 bits per heavy atom. The van der Waals surface area contributed by atoms with Gasteiger partial charge in [-0.05, 0) is 119 Å². The fourth-order valence-electron chi connectivity index (χ4n) is 8.89. The van der Waals surface area contributed by atoms with E-state index in [2.05, 4.69) is 206 Å². The molecule has 0 saturated heterocycles. The molecule has 10 rings (SSSR count). The minimum absolute atomic E-state index is 0.621. The van der Waals surface area contributed by atoms with Crippen LogP contribution in [-0.2, 0) is 36.5 Å². The van der Waals surface area contributed by atoms with Gasteiger partial charge in [-0.25, -0.2) is 0 Å². The third-order valence-electron chi connectivity index (χ3n) is 11.5. The minimum atomic E-state index is -0.621. The quantitative estimate of drug-likeness (QED) is 0.158. The lowest BCUT2D eigenvalue weighted by Gasteiger charge is -2.31. The second-order valence-electron chi connectivity index (χ2n) is 14.7. The summed E-state index contributed by atoms with van der Waals surface area (Å²) in [7, 11) is 0. The highest BCUT2D eigenvalue weighted by Gasteiger charge is 2.43. The van der Waals surface area contributed by atoms with Crippen molar-refractivity contribution in [2.75, 3.05) is 0 Å². The van der Waals surface area contributed by atoms with E-state index in [-0.39, 0.29) is 0 Å². The van der Waals surface area contributed by atoms with Gasteiger partial charge in [-0.3, -0.25) is 0 Å². The van der Waals surface area contributed by atoms with Crippen molar-refractivity contribution in [1.29, 1.82) is 0 Å². The lowest BCUT2D eigenvalue weighted by atomic mass is 9.71. The molecule has 0 bridgehead atoms. The van der Waals surface area contributed by atoms with E-state index >= 15 is 0 Å². The van der Waals surface area contributed by atoms with Crippen molar-refractivity contribution in [2.45, 2.75) is 36.5 Å². The van der Waals surface area contributed by atoms with E-state index in [0.717, 1.165) is 36.8 Å². The molecule has 0 amide bonds. The first-order valence-corrected chi connectivity index (χ1v) is 21.1. The van der Waals surface area contributed by atoms with Crippen LogP contribution in [0.2, 0.25) is 0 Å². The van der Waals surface area contributed by atoms with E-state index < -0.39 is 10.8 Å². The fourth-order valence-corrected chi connectivity index (χ4v) is 11.3. The molecule has 0 saturated carbocycles. The van der Waals surface area contributed by atoms with Crippen molar-refractivity contribution in [1.82, 2.24) is 0 Å². The smallest absolute Gasteiger partial charge is 0.116 e. The number of aryl methyl sites for hydroxylation is 4. The minimum Gasteiger partial charge on any atom is -0.137 e. The number of thiophene rings is 2. The second-order valence-corrected chi connectivity index (χ2v) is 16.9. The van der Waals surface area contributed by atoms with Crippen LogP contribution in [0, 0.1) is 23.7 Å². The summed E-state index contributed by atoms with van der Waals surface area (Å²) in [5, 5.41) is 0. The van der Waals surface area contributed by atoms with Gasteiger partial charge in [0.25, 0.3) is 0 Å². The maximum Gasteiger partial charge on any atom is 0.116 e. The Bertz CT molecular complexity index is 2540. The molecule has 2 aliphatic rings. The van der Waals surface area contributed by atoms with Gasteiger partial charge in [0.15, 0.2) is 0 Å². The highest BCUT2D eigenvalue weighted by Crippen LogP contribution is 2.51. The van der Waals surface area contributed by atoms with Crippen LogP contribution in [0.5, 0.6) is 0 Å². The van der Waals surface area contributed by atoms with Gasteiger partial charge in [-0.1, -0.05) is 157 Å². The van der Waals surface area contributed by atoms with Gasteiger partial charge in [-0.2, -0.15) is 0 Å². The zero-order chi connectivity index (χ0) is 37.4. The van der Waals surface area contributed by atoms with Crippen LogP contribution in [0.15, 0.2) is 182 Å². The molecule has 0 atom stereocenters. The Morgan fingerprint density at radius 1 is 0.321 bits per heavy atom. The van der Waals surface area contributed by atoms with Crippen LogP contribution < -0.4 is 0 Å². The summed E-state index contributed by atoms with van der Waals surface area (Å²) in [5.74, 6) is 15.2. The van der Waals surface area contributed by atoms with Crippen LogP contribution in [-0.4, -0.2) is 0 Å². The zero-order valence-corrected chi connectivity index (χ0v) is 32.6. The highest BCUT2D eigenvalue weighted by atomic mass is 32.1. The molecule has 56 heavy (non-hydrogen) atoms. The number of hydrogen-bond acceptors (Lipinski definition) is 2. The Balaban J connectivity index is 1.17. The van der Waals surface area contributed by atoms with Crippen molar-refractivity contribution < 1.29 is 0 Å². The van der Waals surface area contributed by atoms with Gasteiger partial charge in [0, 0.05) is 30.6 Å². The summed E-state index contributed by atoms with van der Waals surface area (Å²) >= 11 is 3.76. The SMILES string of the molecule is C(#CC1(c2ccc(-c3ccc(C4(C#Cc5ccccc5)c5ccccc5CCc5ccccc54)s3)s2)c2ccccc2CCc2ccccc21)c1ccccc1. The third kappa shape index (κ3) is 5.86. The van der Waals surface area contributed by atoms with Crippen LogP contribution in [0.1, 0.15) is 65.4 Å². The number of hydrogen-bond donors (Lipinski definition) is 0. The summed E-state index contributed by atoms with van der Waals surface area (Å²) in [5.41, 5.74) is 11.4. The molecule has 0 unspecified atom stereocenters. The standard InChI is InChI=1S/C54H38S2/c1-3-15-39(16-4-1)35-37-53(45-23-11-7-19-41(45)27-28-42-20-8-12-24-46(42)53)51-33-31-49(55-51)50-32-34-52(56-50)54(38-36-40-17-5-2-6-18-40)47-25-13-9-21-43(47)29-30-44-22-10-14-26-48(44)54/h1-26,31-34H,27-30H2. The van der Waals surface area contributed by atoms with Gasteiger partial charge in [0.2, 0.25) is 0 Å². The summed E-state index contributed by atoms with van der Waals surface area (Å²) in [6.07, 6.45) is 3.96. The molecule has 6 aromatic carbocycles. The maximum absolute atomic E-state index is 3.95. The first kappa shape index (κ1) is 34.3.